The molecule has 0 bridgehead atoms. The van der Waals surface area contributed by atoms with Gasteiger partial charge in [0.05, 0.1) is 6.26 Å². The molecular weight excluding hydrogens is 414 g/mol. The average molecular weight is 428 g/mol. The maximum absolute atomic E-state index is 12.2. The smallest absolute Gasteiger partial charge is 0.262 e. The van der Waals surface area contributed by atoms with Crippen LogP contribution >= 0.6 is 50.7 Å². The van der Waals surface area contributed by atoms with Crippen molar-refractivity contribution in [3.8, 4) is 0 Å². The van der Waals surface area contributed by atoms with Crippen LogP contribution in [0.1, 0.15) is 16.1 Å². The first kappa shape index (κ1) is 17.6. The summed E-state index contributed by atoms with van der Waals surface area (Å²) in [6.07, 6.45) is 0.812. The lowest BCUT2D eigenvalue weighted by molar-refractivity contribution is -0.708. The number of quaternary nitrogens is 1. The van der Waals surface area contributed by atoms with Crippen molar-refractivity contribution in [1.29, 1.82) is 0 Å². The number of hydrogen-bond acceptors (Lipinski definition) is 2. The fourth-order valence-electron chi connectivity index (χ4n) is 1.76. The Balaban J connectivity index is 2.03. The van der Waals surface area contributed by atoms with Crippen LogP contribution in [0, 0.1) is 0 Å². The van der Waals surface area contributed by atoms with Crippen LogP contribution < -0.4 is 10.6 Å². The van der Waals surface area contributed by atoms with Gasteiger partial charge < -0.3 is 9.73 Å². The zero-order valence-corrected chi connectivity index (χ0v) is 15.1. The van der Waals surface area contributed by atoms with Crippen molar-refractivity contribution < 1.29 is 14.5 Å². The molecule has 0 spiro atoms. The van der Waals surface area contributed by atoms with Gasteiger partial charge in [0.2, 0.25) is 6.17 Å². The second-order valence-corrected chi connectivity index (χ2v) is 7.80. The summed E-state index contributed by atoms with van der Waals surface area (Å²) in [6.45, 7) is 0.437. The fourth-order valence-corrected chi connectivity index (χ4v) is 2.46. The van der Waals surface area contributed by atoms with Gasteiger partial charge in [-0.25, -0.2) is 0 Å². The molecule has 0 saturated heterocycles. The second-order valence-electron chi connectivity index (χ2n) is 4.52. The molecular formula is C14H13BrCl3N2O2+. The highest BCUT2D eigenvalue weighted by Crippen LogP contribution is 2.27. The van der Waals surface area contributed by atoms with E-state index in [2.05, 4.69) is 21.2 Å². The van der Waals surface area contributed by atoms with Gasteiger partial charge in [0, 0.05) is 10.0 Å². The summed E-state index contributed by atoms with van der Waals surface area (Å²) < 4.78 is 4.45. The fraction of sp³-hybridized carbons (Fsp3) is 0.214. The molecule has 0 aliphatic rings. The number of hydrogen-bond donors (Lipinski definition) is 2. The van der Waals surface area contributed by atoms with Gasteiger partial charge in [-0.3, -0.25) is 10.1 Å². The van der Waals surface area contributed by atoms with E-state index in [1.54, 1.807) is 41.9 Å². The number of amides is 1. The third-order valence-corrected chi connectivity index (χ3v) is 4.11. The maximum atomic E-state index is 12.2. The zero-order valence-electron chi connectivity index (χ0n) is 11.2. The molecule has 2 rings (SSSR count). The van der Waals surface area contributed by atoms with E-state index >= 15 is 0 Å². The molecule has 1 aromatic carbocycles. The van der Waals surface area contributed by atoms with Crippen LogP contribution in [0.3, 0.4) is 0 Å². The van der Waals surface area contributed by atoms with Crippen LogP contribution in [-0.4, -0.2) is 15.9 Å². The van der Waals surface area contributed by atoms with Crippen LogP contribution in [0.25, 0.3) is 0 Å². The summed E-state index contributed by atoms with van der Waals surface area (Å²) in [5.41, 5.74) is 0.480. The molecule has 0 aliphatic carbocycles. The molecule has 1 heterocycles. The zero-order chi connectivity index (χ0) is 16.2. The number of rotatable bonds is 5. The van der Waals surface area contributed by atoms with Gasteiger partial charge >= 0.3 is 0 Å². The molecule has 0 aliphatic heterocycles. The minimum atomic E-state index is -1.66. The highest BCUT2D eigenvalue weighted by atomic mass is 79.9. The van der Waals surface area contributed by atoms with E-state index in [1.165, 1.54) is 0 Å². The van der Waals surface area contributed by atoms with Gasteiger partial charge in [0.15, 0.2) is 5.76 Å². The molecule has 0 radical (unpaired) electrons. The molecule has 3 N–H and O–H groups in total. The summed E-state index contributed by atoms with van der Waals surface area (Å²) in [5, 5.41) is 4.40. The summed E-state index contributed by atoms with van der Waals surface area (Å²) >= 11 is 21.1. The Labute approximate surface area is 151 Å². The van der Waals surface area contributed by atoms with Gasteiger partial charge in [-0.05, 0) is 36.4 Å². The van der Waals surface area contributed by atoms with Crippen LogP contribution in [0.5, 0.6) is 0 Å². The van der Waals surface area contributed by atoms with Crippen LogP contribution in [0.15, 0.2) is 51.6 Å². The Morgan fingerprint density at radius 3 is 2.50 bits per heavy atom. The van der Waals surface area contributed by atoms with E-state index in [1.807, 2.05) is 6.07 Å². The quantitative estimate of drug-likeness (QED) is 0.569. The second kappa shape index (κ2) is 7.70. The molecule has 8 heteroatoms. The van der Waals surface area contributed by atoms with Crippen LogP contribution in [0.2, 0.25) is 0 Å². The lowest BCUT2D eigenvalue weighted by Gasteiger charge is -2.23. The third-order valence-electron chi connectivity index (χ3n) is 2.88. The van der Waals surface area contributed by atoms with E-state index in [0.717, 1.165) is 10.2 Å². The summed E-state index contributed by atoms with van der Waals surface area (Å²) in [7, 11) is 0. The molecule has 0 fully saturated rings. The molecule has 1 atom stereocenters. The van der Waals surface area contributed by atoms with Crippen molar-refractivity contribution in [2.75, 3.05) is 0 Å². The van der Waals surface area contributed by atoms with Crippen molar-refractivity contribution in [1.82, 2.24) is 5.32 Å². The number of carbonyl (C=O) groups excluding carboxylic acids is 1. The van der Waals surface area contributed by atoms with E-state index in [0.29, 0.717) is 12.1 Å². The molecule has 0 saturated carbocycles. The first-order chi connectivity index (χ1) is 10.4. The number of halogens is 4. The number of nitrogens with one attached hydrogen (secondary N) is 1. The molecule has 1 amide bonds. The lowest BCUT2D eigenvalue weighted by Crippen LogP contribution is -2.95. The van der Waals surface area contributed by atoms with Crippen molar-refractivity contribution in [2.45, 2.75) is 16.5 Å². The van der Waals surface area contributed by atoms with Crippen molar-refractivity contribution in [3.63, 3.8) is 0 Å². The first-order valence-electron chi connectivity index (χ1n) is 6.35. The maximum Gasteiger partial charge on any atom is 0.262 e. The summed E-state index contributed by atoms with van der Waals surface area (Å²) in [6, 6.07) is 10.5. The average Bonchev–Trinajstić information content (AvgIpc) is 2.96. The first-order valence-corrected chi connectivity index (χ1v) is 8.28. The van der Waals surface area contributed by atoms with Crippen molar-refractivity contribution in [3.05, 3.63) is 58.5 Å². The molecule has 0 unspecified atom stereocenters. The number of furan rings is 1. The van der Waals surface area contributed by atoms with Gasteiger partial charge in [0.25, 0.3) is 9.70 Å². The SMILES string of the molecule is O=C(N[C@@H]([NH2+]Cc1ccco1)C(Cl)(Cl)Cl)c1ccc(Br)cc1. The normalized spacial score (nSPS) is 12.9. The minimum Gasteiger partial charge on any atom is -0.463 e. The van der Waals surface area contributed by atoms with Gasteiger partial charge in [0.1, 0.15) is 6.54 Å². The van der Waals surface area contributed by atoms with E-state index < -0.39 is 9.96 Å². The Bertz CT molecular complexity index is 612. The van der Waals surface area contributed by atoms with E-state index in [4.69, 9.17) is 39.2 Å². The third kappa shape index (κ3) is 5.18. The number of benzene rings is 1. The Morgan fingerprint density at radius 2 is 1.95 bits per heavy atom. The predicted molar refractivity (Wildman–Crippen MR) is 90.0 cm³/mol. The molecule has 2 aromatic rings. The standard InChI is InChI=1S/C14H12BrCl3N2O2/c15-10-5-3-9(4-6-10)12(21)20-13(14(16,17)18)19-8-11-2-1-7-22-11/h1-7,13,19H,8H2,(H,20,21)/p+1/t13-/m1/s1. The molecule has 22 heavy (non-hydrogen) atoms. The van der Waals surface area contributed by atoms with Gasteiger partial charge in [-0.2, -0.15) is 0 Å². The summed E-state index contributed by atoms with van der Waals surface area (Å²) in [5.74, 6) is 0.400. The monoisotopic (exact) mass is 425 g/mol. The van der Waals surface area contributed by atoms with Gasteiger partial charge in [-0.1, -0.05) is 50.7 Å². The molecule has 118 valence electrons. The van der Waals surface area contributed by atoms with Crippen molar-refractivity contribution >= 4 is 56.6 Å². The minimum absolute atomic E-state index is 0.320. The topological polar surface area (TPSA) is 58.9 Å². The van der Waals surface area contributed by atoms with E-state index in [-0.39, 0.29) is 5.91 Å². The molecule has 4 nitrogen and oxygen atoms in total. The summed E-state index contributed by atoms with van der Waals surface area (Å²) in [4.78, 5) is 12.2. The lowest BCUT2D eigenvalue weighted by atomic mass is 10.2. The Hall–Kier alpha value is -0.720. The highest BCUT2D eigenvalue weighted by molar-refractivity contribution is 9.10. The van der Waals surface area contributed by atoms with E-state index in [9.17, 15) is 4.79 Å². The molecule has 1 aromatic heterocycles. The number of nitrogens with two attached hydrogens (primary N) is 1. The number of alkyl halides is 3. The van der Waals surface area contributed by atoms with Crippen LogP contribution in [-0.2, 0) is 6.54 Å². The highest BCUT2D eigenvalue weighted by Gasteiger charge is 2.37. The van der Waals surface area contributed by atoms with Crippen molar-refractivity contribution in [2.24, 2.45) is 0 Å². The van der Waals surface area contributed by atoms with Crippen LogP contribution in [0.4, 0.5) is 0 Å². The Kier molecular flexibility index (Phi) is 6.17. The number of carbonyl (C=O) groups is 1. The largest absolute Gasteiger partial charge is 0.463 e. The predicted octanol–water partition coefficient (Wildman–Crippen LogP) is 3.23. The Morgan fingerprint density at radius 1 is 1.27 bits per heavy atom. The van der Waals surface area contributed by atoms with Gasteiger partial charge in [-0.15, -0.1) is 0 Å².